The monoisotopic (exact) mass is 344 g/mol. The van der Waals surface area contributed by atoms with Gasteiger partial charge in [-0.2, -0.15) is 0 Å². The molecular weight excluding hydrogens is 321 g/mol. The van der Waals surface area contributed by atoms with E-state index in [9.17, 15) is 9.18 Å². The highest BCUT2D eigenvalue weighted by Gasteiger charge is 2.29. The standard InChI is InChI=1S/C19H22FN3O2/c1-14(2)25-19(24)15-6-5-9-21-18(15)23-12-10-22(11-13-23)17-8-4-3-7-16(17)20/h3-9,14H,10-13H2,1-2H3/p+1. The maximum atomic E-state index is 14.0. The fourth-order valence-corrected chi connectivity index (χ4v) is 3.01. The molecule has 1 aromatic carbocycles. The fourth-order valence-electron chi connectivity index (χ4n) is 3.01. The van der Waals surface area contributed by atoms with E-state index in [1.807, 2.05) is 24.8 Å². The molecule has 6 heteroatoms. The van der Waals surface area contributed by atoms with Crippen LogP contribution in [0.3, 0.4) is 0 Å². The Morgan fingerprint density at radius 1 is 1.08 bits per heavy atom. The van der Waals surface area contributed by atoms with Gasteiger partial charge >= 0.3 is 5.97 Å². The first-order valence-corrected chi connectivity index (χ1v) is 8.52. The number of aromatic amines is 1. The summed E-state index contributed by atoms with van der Waals surface area (Å²) in [5, 5.41) is 0. The van der Waals surface area contributed by atoms with E-state index < -0.39 is 0 Å². The molecule has 0 amide bonds. The number of H-pyrrole nitrogens is 1. The molecule has 5 nitrogen and oxygen atoms in total. The van der Waals surface area contributed by atoms with E-state index in [0.717, 1.165) is 5.82 Å². The lowest BCUT2D eigenvalue weighted by Gasteiger charge is -2.33. The number of benzene rings is 1. The zero-order valence-corrected chi connectivity index (χ0v) is 14.5. The molecule has 1 fully saturated rings. The Morgan fingerprint density at radius 2 is 1.76 bits per heavy atom. The maximum absolute atomic E-state index is 14.0. The van der Waals surface area contributed by atoms with Crippen LogP contribution in [0.5, 0.6) is 0 Å². The van der Waals surface area contributed by atoms with Gasteiger partial charge in [-0.25, -0.2) is 14.2 Å². The number of nitrogens with zero attached hydrogens (tertiary/aromatic N) is 2. The highest BCUT2D eigenvalue weighted by Crippen LogP contribution is 2.23. The van der Waals surface area contributed by atoms with E-state index in [4.69, 9.17) is 4.74 Å². The van der Waals surface area contributed by atoms with E-state index in [0.29, 0.717) is 37.4 Å². The number of nitrogens with one attached hydrogen (secondary N) is 1. The molecule has 0 spiro atoms. The van der Waals surface area contributed by atoms with Gasteiger partial charge in [0.05, 0.1) is 31.1 Å². The van der Waals surface area contributed by atoms with Crippen LogP contribution in [0, 0.1) is 5.82 Å². The van der Waals surface area contributed by atoms with Gasteiger partial charge in [0, 0.05) is 0 Å². The van der Waals surface area contributed by atoms with Crippen molar-refractivity contribution in [2.24, 2.45) is 0 Å². The topological polar surface area (TPSA) is 46.9 Å². The second-order valence-electron chi connectivity index (χ2n) is 6.31. The van der Waals surface area contributed by atoms with Crippen molar-refractivity contribution in [1.29, 1.82) is 0 Å². The predicted octanol–water partition coefficient (Wildman–Crippen LogP) is 2.53. The molecule has 0 radical (unpaired) electrons. The van der Waals surface area contributed by atoms with Crippen molar-refractivity contribution in [3.05, 3.63) is 54.0 Å². The van der Waals surface area contributed by atoms with Gasteiger partial charge in [0.1, 0.15) is 24.5 Å². The molecule has 2 aromatic rings. The van der Waals surface area contributed by atoms with Gasteiger partial charge in [0.15, 0.2) is 0 Å². The second-order valence-corrected chi connectivity index (χ2v) is 6.31. The van der Waals surface area contributed by atoms with E-state index >= 15 is 0 Å². The Bertz CT molecular complexity index is 743. The molecule has 1 saturated heterocycles. The Morgan fingerprint density at radius 3 is 2.44 bits per heavy atom. The van der Waals surface area contributed by atoms with Gasteiger partial charge in [-0.3, -0.25) is 4.90 Å². The average Bonchev–Trinajstić information content (AvgIpc) is 2.62. The first-order valence-electron chi connectivity index (χ1n) is 8.52. The minimum absolute atomic E-state index is 0.168. The third-order valence-electron chi connectivity index (χ3n) is 4.19. The summed E-state index contributed by atoms with van der Waals surface area (Å²) in [6.07, 6.45) is 1.63. The molecule has 0 saturated carbocycles. The molecule has 1 aliphatic heterocycles. The number of carbonyl (C=O) groups excluding carboxylic acids is 1. The minimum Gasteiger partial charge on any atom is -0.459 e. The fraction of sp³-hybridized carbons (Fsp3) is 0.368. The Hall–Kier alpha value is -2.63. The molecule has 132 valence electrons. The van der Waals surface area contributed by atoms with Crippen LogP contribution in [0.4, 0.5) is 15.9 Å². The molecular formula is C19H23FN3O2+. The molecule has 25 heavy (non-hydrogen) atoms. The molecule has 0 atom stereocenters. The van der Waals surface area contributed by atoms with Gasteiger partial charge < -0.3 is 9.64 Å². The number of halogens is 1. The van der Waals surface area contributed by atoms with Crippen molar-refractivity contribution in [3.8, 4) is 0 Å². The summed E-state index contributed by atoms with van der Waals surface area (Å²) >= 11 is 0. The minimum atomic E-state index is -0.335. The number of para-hydroxylation sites is 1. The third-order valence-corrected chi connectivity index (χ3v) is 4.19. The largest absolute Gasteiger partial charge is 0.459 e. The quantitative estimate of drug-likeness (QED) is 0.800. The van der Waals surface area contributed by atoms with Crippen LogP contribution in [-0.4, -0.2) is 38.3 Å². The van der Waals surface area contributed by atoms with Gasteiger partial charge in [-0.15, -0.1) is 0 Å². The number of piperazine rings is 1. The highest BCUT2D eigenvalue weighted by atomic mass is 19.1. The Labute approximate surface area is 147 Å². The lowest BCUT2D eigenvalue weighted by Crippen LogP contribution is -2.49. The lowest BCUT2D eigenvalue weighted by molar-refractivity contribution is -0.364. The first-order chi connectivity index (χ1) is 12.1. The SMILES string of the molecule is CC(C)OC(=O)c1ccc[nH+]c1N1CCN(c2ccccc2F)CC1. The van der Waals surface area contributed by atoms with Crippen molar-refractivity contribution in [3.63, 3.8) is 0 Å². The third kappa shape index (κ3) is 3.90. The van der Waals surface area contributed by atoms with Gasteiger partial charge in [0.2, 0.25) is 0 Å². The summed E-state index contributed by atoms with van der Waals surface area (Å²) in [5.41, 5.74) is 1.15. The second kappa shape index (κ2) is 7.51. The number of anilines is 2. The van der Waals surface area contributed by atoms with E-state index in [1.54, 1.807) is 30.5 Å². The summed E-state index contributed by atoms with van der Waals surface area (Å²) in [6, 6.07) is 10.4. The maximum Gasteiger partial charge on any atom is 0.346 e. The van der Waals surface area contributed by atoms with Crippen LogP contribution in [-0.2, 0) is 4.74 Å². The lowest BCUT2D eigenvalue weighted by atomic mass is 10.2. The average molecular weight is 344 g/mol. The van der Waals surface area contributed by atoms with Gasteiger partial charge in [0.25, 0.3) is 5.82 Å². The Kier molecular flexibility index (Phi) is 5.16. The summed E-state index contributed by atoms with van der Waals surface area (Å²) in [5.74, 6) is 0.211. The molecule has 1 aromatic heterocycles. The predicted molar refractivity (Wildman–Crippen MR) is 94.4 cm³/mol. The summed E-state index contributed by atoms with van der Waals surface area (Å²) in [7, 11) is 0. The van der Waals surface area contributed by atoms with Crippen LogP contribution in [0.2, 0.25) is 0 Å². The molecule has 0 unspecified atom stereocenters. The summed E-state index contributed by atoms with van der Waals surface area (Å²) < 4.78 is 19.3. The van der Waals surface area contributed by atoms with Crippen LogP contribution in [0.1, 0.15) is 24.2 Å². The Balaban J connectivity index is 1.73. The first kappa shape index (κ1) is 17.2. The number of aromatic nitrogens is 1. The van der Waals surface area contributed by atoms with E-state index in [-0.39, 0.29) is 17.9 Å². The molecule has 1 aliphatic rings. The molecule has 2 heterocycles. The van der Waals surface area contributed by atoms with E-state index in [2.05, 4.69) is 9.88 Å². The van der Waals surface area contributed by atoms with Crippen molar-refractivity contribution >= 4 is 17.5 Å². The van der Waals surface area contributed by atoms with Gasteiger partial charge in [-0.05, 0) is 38.1 Å². The number of hydrogen-bond acceptors (Lipinski definition) is 4. The van der Waals surface area contributed by atoms with Crippen molar-refractivity contribution in [2.75, 3.05) is 36.0 Å². The van der Waals surface area contributed by atoms with Crippen molar-refractivity contribution < 1.29 is 18.9 Å². The van der Waals surface area contributed by atoms with E-state index in [1.165, 1.54) is 6.07 Å². The molecule has 1 N–H and O–H groups in total. The van der Waals surface area contributed by atoms with Gasteiger partial charge in [-0.1, -0.05) is 12.1 Å². The van der Waals surface area contributed by atoms with Crippen LogP contribution < -0.4 is 14.8 Å². The number of esters is 1. The summed E-state index contributed by atoms with van der Waals surface area (Å²) in [4.78, 5) is 19.6. The number of pyridine rings is 1. The number of hydrogen-bond donors (Lipinski definition) is 0. The number of ether oxygens (including phenoxy) is 1. The van der Waals surface area contributed by atoms with Crippen molar-refractivity contribution in [2.45, 2.75) is 20.0 Å². The zero-order valence-electron chi connectivity index (χ0n) is 14.5. The van der Waals surface area contributed by atoms with Crippen LogP contribution in [0.15, 0.2) is 42.6 Å². The number of rotatable bonds is 4. The number of carbonyl (C=O) groups is 1. The molecule has 0 bridgehead atoms. The normalized spacial score (nSPS) is 14.7. The van der Waals surface area contributed by atoms with Crippen molar-refractivity contribution in [1.82, 2.24) is 0 Å². The highest BCUT2D eigenvalue weighted by molar-refractivity contribution is 5.94. The van der Waals surface area contributed by atoms with Crippen LogP contribution in [0.25, 0.3) is 0 Å². The summed E-state index contributed by atoms with van der Waals surface area (Å²) in [6.45, 7) is 6.41. The molecule has 3 rings (SSSR count). The smallest absolute Gasteiger partial charge is 0.346 e. The molecule has 0 aliphatic carbocycles. The van der Waals surface area contributed by atoms with Crippen LogP contribution >= 0.6 is 0 Å². The zero-order chi connectivity index (χ0) is 17.8.